The lowest BCUT2D eigenvalue weighted by Gasteiger charge is -2.11. The summed E-state index contributed by atoms with van der Waals surface area (Å²) in [6, 6.07) is 9.19. The molecular formula is C16H13BrFN5O2. The first-order chi connectivity index (χ1) is 12.0. The van der Waals surface area contributed by atoms with Crippen LogP contribution < -0.4 is 10.1 Å². The lowest BCUT2D eigenvalue weighted by atomic mass is 10.2. The van der Waals surface area contributed by atoms with Crippen molar-refractivity contribution in [3.8, 4) is 11.4 Å². The van der Waals surface area contributed by atoms with E-state index in [0.717, 1.165) is 0 Å². The van der Waals surface area contributed by atoms with Crippen LogP contribution in [0.2, 0.25) is 0 Å². The van der Waals surface area contributed by atoms with Crippen LogP contribution in [0.1, 0.15) is 16.2 Å². The van der Waals surface area contributed by atoms with Crippen molar-refractivity contribution in [2.45, 2.75) is 6.92 Å². The number of rotatable bonds is 4. The van der Waals surface area contributed by atoms with Gasteiger partial charge >= 0.3 is 0 Å². The Morgan fingerprint density at radius 2 is 2.08 bits per heavy atom. The number of ether oxygens (including phenoxy) is 1. The second-order valence-corrected chi connectivity index (χ2v) is 5.96. The number of hydrogen-bond acceptors (Lipinski definition) is 5. The van der Waals surface area contributed by atoms with Gasteiger partial charge < -0.3 is 10.1 Å². The Kier molecular flexibility index (Phi) is 4.75. The maximum Gasteiger partial charge on any atom is 0.257 e. The fraction of sp³-hybridized carbons (Fsp3) is 0.125. The van der Waals surface area contributed by atoms with Gasteiger partial charge in [-0.2, -0.15) is 4.68 Å². The molecule has 7 nitrogen and oxygen atoms in total. The molecule has 1 amide bonds. The van der Waals surface area contributed by atoms with Gasteiger partial charge in [-0.05, 0) is 69.7 Å². The molecule has 3 aromatic rings. The van der Waals surface area contributed by atoms with E-state index in [1.807, 2.05) is 0 Å². The molecule has 0 fully saturated rings. The van der Waals surface area contributed by atoms with Crippen molar-refractivity contribution in [3.63, 3.8) is 0 Å². The third-order valence-corrected chi connectivity index (χ3v) is 4.18. The number of carbonyl (C=O) groups excluding carboxylic acids is 1. The van der Waals surface area contributed by atoms with Crippen molar-refractivity contribution < 1.29 is 13.9 Å². The maximum atomic E-state index is 14.1. The van der Waals surface area contributed by atoms with Gasteiger partial charge in [-0.3, -0.25) is 4.79 Å². The van der Waals surface area contributed by atoms with E-state index in [1.165, 1.54) is 30.0 Å². The van der Waals surface area contributed by atoms with E-state index < -0.39 is 11.7 Å². The summed E-state index contributed by atoms with van der Waals surface area (Å²) in [5, 5.41) is 13.7. The van der Waals surface area contributed by atoms with Gasteiger partial charge in [-0.1, -0.05) is 0 Å². The molecule has 1 N–H and O–H groups in total. The third kappa shape index (κ3) is 3.50. The van der Waals surface area contributed by atoms with Crippen LogP contribution in [0.5, 0.6) is 5.75 Å². The molecule has 3 rings (SSSR count). The number of hydrogen-bond donors (Lipinski definition) is 1. The van der Waals surface area contributed by atoms with Gasteiger partial charge in [0, 0.05) is 4.47 Å². The number of anilines is 1. The highest BCUT2D eigenvalue weighted by molar-refractivity contribution is 9.10. The number of methoxy groups -OCH3 is 1. The average molecular weight is 406 g/mol. The summed E-state index contributed by atoms with van der Waals surface area (Å²) in [5.74, 6) is 0.0171. The van der Waals surface area contributed by atoms with Crippen LogP contribution in [0.15, 0.2) is 40.9 Å². The molecule has 0 aliphatic carbocycles. The van der Waals surface area contributed by atoms with Crippen LogP contribution in [0, 0.1) is 12.7 Å². The molecule has 0 bridgehead atoms. The van der Waals surface area contributed by atoms with Gasteiger partial charge in [0.15, 0.2) is 5.82 Å². The van der Waals surface area contributed by atoms with Crippen molar-refractivity contribution in [3.05, 3.63) is 58.1 Å². The minimum absolute atomic E-state index is 0.0205. The van der Waals surface area contributed by atoms with Crippen molar-refractivity contribution >= 4 is 27.5 Å². The molecule has 0 spiro atoms. The molecule has 2 aromatic carbocycles. The quantitative estimate of drug-likeness (QED) is 0.720. The van der Waals surface area contributed by atoms with E-state index >= 15 is 0 Å². The van der Waals surface area contributed by atoms with E-state index in [2.05, 4.69) is 36.8 Å². The zero-order valence-corrected chi connectivity index (χ0v) is 14.9. The first-order valence-corrected chi connectivity index (χ1v) is 7.98. The molecule has 1 heterocycles. The standard InChI is InChI=1S/C16H13BrFN5O2/c1-9-20-21-22-23(9)10-3-6-14(18)15(7-10)19-16(24)12-8-11(25-2)4-5-13(12)17/h3-8H,1-2H3,(H,19,24). The zero-order chi connectivity index (χ0) is 18.0. The monoisotopic (exact) mass is 405 g/mol. The summed E-state index contributed by atoms with van der Waals surface area (Å²) in [6.07, 6.45) is 0. The van der Waals surface area contributed by atoms with E-state index in [9.17, 15) is 9.18 Å². The molecule has 0 saturated carbocycles. The molecule has 1 aromatic heterocycles. The minimum atomic E-state index is -0.568. The zero-order valence-electron chi connectivity index (χ0n) is 13.3. The first kappa shape index (κ1) is 17.0. The Labute approximate surface area is 150 Å². The average Bonchev–Trinajstić information content (AvgIpc) is 3.03. The third-order valence-electron chi connectivity index (χ3n) is 3.49. The van der Waals surface area contributed by atoms with E-state index in [1.54, 1.807) is 25.1 Å². The topological polar surface area (TPSA) is 81.9 Å². The summed E-state index contributed by atoms with van der Waals surface area (Å²) >= 11 is 3.31. The molecule has 0 aliphatic heterocycles. The first-order valence-electron chi connectivity index (χ1n) is 7.19. The van der Waals surface area contributed by atoms with Crippen LogP contribution >= 0.6 is 15.9 Å². The number of tetrazole rings is 1. The van der Waals surface area contributed by atoms with Gasteiger partial charge in [0.25, 0.3) is 5.91 Å². The van der Waals surface area contributed by atoms with Crippen LogP contribution in [0.3, 0.4) is 0 Å². The Morgan fingerprint density at radius 1 is 1.28 bits per heavy atom. The molecule has 0 saturated heterocycles. The van der Waals surface area contributed by atoms with Crippen LogP contribution in [-0.2, 0) is 0 Å². The number of nitrogens with zero attached hydrogens (tertiary/aromatic N) is 4. The minimum Gasteiger partial charge on any atom is -0.497 e. The van der Waals surface area contributed by atoms with E-state index in [-0.39, 0.29) is 5.69 Å². The smallest absolute Gasteiger partial charge is 0.257 e. The molecule has 25 heavy (non-hydrogen) atoms. The Balaban J connectivity index is 1.93. The van der Waals surface area contributed by atoms with E-state index in [4.69, 9.17) is 4.74 Å². The summed E-state index contributed by atoms with van der Waals surface area (Å²) in [7, 11) is 1.50. The molecule has 0 atom stereocenters. The Hall–Kier alpha value is -2.81. The summed E-state index contributed by atoms with van der Waals surface area (Å²) < 4.78 is 21.2. The van der Waals surface area contributed by atoms with Crippen molar-refractivity contribution in [2.75, 3.05) is 12.4 Å². The highest BCUT2D eigenvalue weighted by atomic mass is 79.9. The molecular weight excluding hydrogens is 393 g/mol. The molecule has 128 valence electrons. The second kappa shape index (κ2) is 6.98. The fourth-order valence-corrected chi connectivity index (χ4v) is 2.63. The van der Waals surface area contributed by atoms with E-state index in [0.29, 0.717) is 27.3 Å². The van der Waals surface area contributed by atoms with Crippen LogP contribution in [0.25, 0.3) is 5.69 Å². The maximum absolute atomic E-state index is 14.1. The Morgan fingerprint density at radius 3 is 2.76 bits per heavy atom. The van der Waals surface area contributed by atoms with Gasteiger partial charge in [-0.15, -0.1) is 5.10 Å². The normalized spacial score (nSPS) is 10.6. The molecule has 9 heteroatoms. The number of nitrogens with one attached hydrogen (secondary N) is 1. The Bertz CT molecular complexity index is 944. The number of halogens is 2. The summed E-state index contributed by atoms with van der Waals surface area (Å²) in [4.78, 5) is 12.5. The van der Waals surface area contributed by atoms with Gasteiger partial charge in [0.05, 0.1) is 24.0 Å². The van der Waals surface area contributed by atoms with Crippen molar-refractivity contribution in [1.29, 1.82) is 0 Å². The summed E-state index contributed by atoms with van der Waals surface area (Å²) in [6.45, 7) is 1.72. The SMILES string of the molecule is COc1ccc(Br)c(C(=O)Nc2cc(-n3nnnc3C)ccc2F)c1. The highest BCUT2D eigenvalue weighted by Crippen LogP contribution is 2.25. The number of amides is 1. The van der Waals surface area contributed by atoms with Crippen molar-refractivity contribution in [2.24, 2.45) is 0 Å². The van der Waals surface area contributed by atoms with Gasteiger partial charge in [0.1, 0.15) is 11.6 Å². The number of carbonyl (C=O) groups is 1. The highest BCUT2D eigenvalue weighted by Gasteiger charge is 2.15. The number of aryl methyl sites for hydroxylation is 1. The van der Waals surface area contributed by atoms with Crippen LogP contribution in [0.4, 0.5) is 10.1 Å². The van der Waals surface area contributed by atoms with Gasteiger partial charge in [-0.25, -0.2) is 4.39 Å². The lowest BCUT2D eigenvalue weighted by molar-refractivity contribution is 0.102. The largest absolute Gasteiger partial charge is 0.497 e. The molecule has 0 unspecified atom stereocenters. The van der Waals surface area contributed by atoms with Gasteiger partial charge in [0.2, 0.25) is 0 Å². The predicted molar refractivity (Wildman–Crippen MR) is 92.5 cm³/mol. The van der Waals surface area contributed by atoms with Crippen LogP contribution in [-0.4, -0.2) is 33.2 Å². The summed E-state index contributed by atoms with van der Waals surface area (Å²) in [5.41, 5.74) is 0.874. The second-order valence-electron chi connectivity index (χ2n) is 5.10. The van der Waals surface area contributed by atoms with Crippen molar-refractivity contribution in [1.82, 2.24) is 20.2 Å². The number of aromatic nitrogens is 4. The predicted octanol–water partition coefficient (Wildman–Crippen LogP) is 3.13. The number of benzene rings is 2. The molecule has 0 aliphatic rings. The fourth-order valence-electron chi connectivity index (χ4n) is 2.21. The lowest BCUT2D eigenvalue weighted by Crippen LogP contribution is -2.14. The molecule has 0 radical (unpaired) electrons.